The van der Waals surface area contributed by atoms with E-state index in [4.69, 9.17) is 4.99 Å². The standard InChI is InChI=1S/C23H38N6O/c1-3-22(30)29-14-11-20(19-29)26-23(24-4-2)25-12-8-13-27-15-17-28(18-16-27)21-9-6-5-7-10-21/h5-7,9-10,20H,3-4,8,11-19H2,1-2H3,(H2,24,25,26). The number of guanidine groups is 1. The second kappa shape index (κ2) is 11.8. The molecule has 0 saturated carbocycles. The number of nitrogens with one attached hydrogen (secondary N) is 2. The molecule has 0 aliphatic carbocycles. The minimum absolute atomic E-state index is 0.244. The maximum Gasteiger partial charge on any atom is 0.222 e. The van der Waals surface area contributed by atoms with Gasteiger partial charge in [-0.3, -0.25) is 14.7 Å². The Morgan fingerprint density at radius 1 is 1.10 bits per heavy atom. The van der Waals surface area contributed by atoms with Crippen molar-refractivity contribution in [3.63, 3.8) is 0 Å². The first-order valence-electron chi connectivity index (χ1n) is 11.5. The lowest BCUT2D eigenvalue weighted by Crippen LogP contribution is -2.47. The quantitative estimate of drug-likeness (QED) is 0.386. The van der Waals surface area contributed by atoms with Crippen LogP contribution in [0.15, 0.2) is 35.3 Å². The van der Waals surface area contributed by atoms with Crippen LogP contribution in [0.1, 0.15) is 33.1 Å². The summed E-state index contributed by atoms with van der Waals surface area (Å²) in [7, 11) is 0. The van der Waals surface area contributed by atoms with Crippen molar-refractivity contribution in [2.24, 2.45) is 4.99 Å². The zero-order valence-electron chi connectivity index (χ0n) is 18.6. The largest absolute Gasteiger partial charge is 0.369 e. The summed E-state index contributed by atoms with van der Waals surface area (Å²) < 4.78 is 0. The minimum Gasteiger partial charge on any atom is -0.369 e. The van der Waals surface area contributed by atoms with Crippen LogP contribution in [0.5, 0.6) is 0 Å². The molecule has 2 aliphatic rings. The molecule has 2 aliphatic heterocycles. The van der Waals surface area contributed by atoms with Crippen LogP contribution in [0.4, 0.5) is 5.69 Å². The molecular formula is C23H38N6O. The number of benzene rings is 1. The number of hydrogen-bond acceptors (Lipinski definition) is 4. The van der Waals surface area contributed by atoms with Gasteiger partial charge in [0.25, 0.3) is 0 Å². The van der Waals surface area contributed by atoms with Crippen molar-refractivity contribution in [3.05, 3.63) is 30.3 Å². The fourth-order valence-electron chi connectivity index (χ4n) is 4.20. The Labute approximate surface area is 181 Å². The fourth-order valence-corrected chi connectivity index (χ4v) is 4.20. The second-order valence-electron chi connectivity index (χ2n) is 8.10. The molecule has 2 heterocycles. The predicted molar refractivity (Wildman–Crippen MR) is 124 cm³/mol. The van der Waals surface area contributed by atoms with Gasteiger partial charge >= 0.3 is 0 Å². The first-order valence-corrected chi connectivity index (χ1v) is 11.5. The lowest BCUT2D eigenvalue weighted by atomic mass is 10.2. The molecular weight excluding hydrogens is 376 g/mol. The fraction of sp³-hybridized carbons (Fsp3) is 0.652. The van der Waals surface area contributed by atoms with E-state index in [1.54, 1.807) is 0 Å². The first-order chi connectivity index (χ1) is 14.7. The van der Waals surface area contributed by atoms with Crippen LogP contribution in [-0.2, 0) is 4.79 Å². The topological polar surface area (TPSA) is 63.2 Å². The molecule has 0 bridgehead atoms. The van der Waals surface area contributed by atoms with Crippen LogP contribution in [0.3, 0.4) is 0 Å². The van der Waals surface area contributed by atoms with Crippen molar-refractivity contribution in [3.8, 4) is 0 Å². The molecule has 7 nitrogen and oxygen atoms in total. The van der Waals surface area contributed by atoms with Crippen LogP contribution in [0, 0.1) is 0 Å². The number of carbonyl (C=O) groups is 1. The number of rotatable bonds is 8. The maximum atomic E-state index is 11.9. The van der Waals surface area contributed by atoms with E-state index in [1.165, 1.54) is 5.69 Å². The van der Waals surface area contributed by atoms with E-state index < -0.39 is 0 Å². The summed E-state index contributed by atoms with van der Waals surface area (Å²) in [5.74, 6) is 1.12. The van der Waals surface area contributed by atoms with Crippen LogP contribution in [0.25, 0.3) is 0 Å². The lowest BCUT2D eigenvalue weighted by molar-refractivity contribution is -0.129. The van der Waals surface area contributed by atoms with Crippen LogP contribution < -0.4 is 15.5 Å². The third-order valence-corrected chi connectivity index (χ3v) is 5.92. The Hall–Kier alpha value is -2.28. The van der Waals surface area contributed by atoms with Gasteiger partial charge in [-0.05, 0) is 31.9 Å². The third-order valence-electron chi connectivity index (χ3n) is 5.92. The molecule has 7 heteroatoms. The molecule has 30 heavy (non-hydrogen) atoms. The van der Waals surface area contributed by atoms with Crippen molar-refractivity contribution >= 4 is 17.6 Å². The van der Waals surface area contributed by atoms with E-state index in [9.17, 15) is 4.79 Å². The number of para-hydroxylation sites is 1. The Bertz CT molecular complexity index is 672. The van der Waals surface area contributed by atoms with Crippen molar-refractivity contribution in [1.29, 1.82) is 0 Å². The van der Waals surface area contributed by atoms with Crippen molar-refractivity contribution in [1.82, 2.24) is 20.4 Å². The Morgan fingerprint density at radius 2 is 1.87 bits per heavy atom. The monoisotopic (exact) mass is 414 g/mol. The summed E-state index contributed by atoms with van der Waals surface area (Å²) in [6.45, 7) is 12.8. The zero-order valence-corrected chi connectivity index (χ0v) is 18.6. The highest BCUT2D eigenvalue weighted by Crippen LogP contribution is 2.15. The summed E-state index contributed by atoms with van der Waals surface area (Å²) in [5.41, 5.74) is 1.33. The van der Waals surface area contributed by atoms with Crippen LogP contribution in [0.2, 0.25) is 0 Å². The molecule has 166 valence electrons. The molecule has 0 radical (unpaired) electrons. The van der Waals surface area contributed by atoms with Gasteiger partial charge in [0, 0.05) is 77.1 Å². The first kappa shape index (κ1) is 22.4. The smallest absolute Gasteiger partial charge is 0.222 e. The molecule has 1 aromatic rings. The van der Waals surface area contributed by atoms with Crippen molar-refractivity contribution in [2.45, 2.75) is 39.2 Å². The summed E-state index contributed by atoms with van der Waals surface area (Å²) in [4.78, 5) is 23.6. The van der Waals surface area contributed by atoms with Gasteiger partial charge < -0.3 is 20.4 Å². The van der Waals surface area contributed by atoms with E-state index in [2.05, 4.69) is 57.7 Å². The van der Waals surface area contributed by atoms with Gasteiger partial charge in [-0.1, -0.05) is 25.1 Å². The van der Waals surface area contributed by atoms with Crippen molar-refractivity contribution in [2.75, 3.05) is 63.8 Å². The number of likely N-dealkylation sites (tertiary alicyclic amines) is 1. The zero-order chi connectivity index (χ0) is 21.2. The van der Waals surface area contributed by atoms with Gasteiger partial charge in [-0.25, -0.2) is 0 Å². The normalized spacial score (nSPS) is 20.5. The summed E-state index contributed by atoms with van der Waals surface area (Å²) in [6.07, 6.45) is 2.63. The highest BCUT2D eigenvalue weighted by atomic mass is 16.2. The van der Waals surface area contributed by atoms with Crippen LogP contribution >= 0.6 is 0 Å². The number of hydrogen-bond donors (Lipinski definition) is 2. The molecule has 2 N–H and O–H groups in total. The highest BCUT2D eigenvalue weighted by molar-refractivity contribution is 5.80. The van der Waals surface area contributed by atoms with Gasteiger partial charge in [0.1, 0.15) is 0 Å². The van der Waals surface area contributed by atoms with Gasteiger partial charge in [0.2, 0.25) is 5.91 Å². The molecule has 1 unspecified atom stereocenters. The molecule has 0 aromatic heterocycles. The number of piperazine rings is 1. The van der Waals surface area contributed by atoms with E-state index in [0.29, 0.717) is 12.5 Å². The molecule has 2 fully saturated rings. The Kier molecular flexibility index (Phi) is 8.81. The molecule has 1 atom stereocenters. The number of carbonyl (C=O) groups excluding carboxylic acids is 1. The molecule has 3 rings (SSSR count). The molecule has 1 aromatic carbocycles. The molecule has 1 amide bonds. The summed E-state index contributed by atoms with van der Waals surface area (Å²) >= 11 is 0. The second-order valence-corrected chi connectivity index (χ2v) is 8.10. The number of nitrogens with zero attached hydrogens (tertiary/aromatic N) is 4. The van der Waals surface area contributed by atoms with Gasteiger partial charge in [-0.15, -0.1) is 0 Å². The van der Waals surface area contributed by atoms with E-state index in [1.807, 2.05) is 11.8 Å². The molecule has 2 saturated heterocycles. The average Bonchev–Trinajstić information content (AvgIpc) is 3.26. The summed E-state index contributed by atoms with van der Waals surface area (Å²) in [6, 6.07) is 11.0. The van der Waals surface area contributed by atoms with E-state index in [-0.39, 0.29) is 5.91 Å². The van der Waals surface area contributed by atoms with Crippen molar-refractivity contribution < 1.29 is 4.79 Å². The number of anilines is 1. The van der Waals surface area contributed by atoms with E-state index in [0.717, 1.165) is 77.7 Å². The lowest BCUT2D eigenvalue weighted by Gasteiger charge is -2.36. The minimum atomic E-state index is 0.244. The Balaban J connectivity index is 1.36. The van der Waals surface area contributed by atoms with Gasteiger partial charge in [0.05, 0.1) is 0 Å². The van der Waals surface area contributed by atoms with E-state index >= 15 is 0 Å². The summed E-state index contributed by atoms with van der Waals surface area (Å²) in [5, 5.41) is 6.86. The van der Waals surface area contributed by atoms with Gasteiger partial charge in [-0.2, -0.15) is 0 Å². The van der Waals surface area contributed by atoms with Gasteiger partial charge in [0.15, 0.2) is 5.96 Å². The maximum absolute atomic E-state index is 11.9. The average molecular weight is 415 g/mol. The number of aliphatic imine (C=N–C) groups is 1. The number of amides is 1. The van der Waals surface area contributed by atoms with Crippen LogP contribution in [-0.4, -0.2) is 86.6 Å². The highest BCUT2D eigenvalue weighted by Gasteiger charge is 2.25. The predicted octanol–water partition coefficient (Wildman–Crippen LogP) is 1.76. The molecule has 0 spiro atoms. The Morgan fingerprint density at radius 3 is 2.57 bits per heavy atom. The SMILES string of the molecule is CCNC(=NCCCN1CCN(c2ccccc2)CC1)NC1CCN(C(=O)CC)C1. The third kappa shape index (κ3) is 6.62.